The molecule has 0 aromatic heterocycles. The van der Waals surface area contributed by atoms with E-state index < -0.39 is 41.7 Å². The second kappa shape index (κ2) is 9.91. The van der Waals surface area contributed by atoms with Crippen LogP contribution in [0.1, 0.15) is 34.6 Å². The third kappa shape index (κ3) is 6.11. The molecule has 0 bridgehead atoms. The highest BCUT2D eigenvalue weighted by molar-refractivity contribution is 5.99. The second-order valence-electron chi connectivity index (χ2n) is 6.76. The molecule has 1 aliphatic rings. The van der Waals surface area contributed by atoms with E-state index in [1.807, 2.05) is 0 Å². The van der Waals surface area contributed by atoms with Gasteiger partial charge in [-0.25, -0.2) is 19.2 Å². The number of amides is 1. The Labute approximate surface area is 164 Å². The number of esters is 3. The van der Waals surface area contributed by atoms with E-state index in [4.69, 9.17) is 18.9 Å². The molecule has 0 spiro atoms. The Bertz CT molecular complexity index is 674. The molecule has 0 unspecified atom stereocenters. The van der Waals surface area contributed by atoms with Gasteiger partial charge in [0.15, 0.2) is 6.04 Å². The summed E-state index contributed by atoms with van der Waals surface area (Å²) in [7, 11) is 1.18. The molecule has 1 aliphatic heterocycles. The lowest BCUT2D eigenvalue weighted by Crippen LogP contribution is -2.49. The predicted molar refractivity (Wildman–Crippen MR) is 98.2 cm³/mol. The Hall–Kier alpha value is -2.84. The van der Waals surface area contributed by atoms with E-state index in [0.717, 1.165) is 11.0 Å². The zero-order valence-corrected chi connectivity index (χ0v) is 17.0. The summed E-state index contributed by atoms with van der Waals surface area (Å²) in [6.45, 7) is 8.37. The molecule has 1 amide bonds. The molecule has 0 aromatic carbocycles. The number of ether oxygens (including phenoxy) is 4. The van der Waals surface area contributed by atoms with E-state index in [2.05, 4.69) is 0 Å². The summed E-state index contributed by atoms with van der Waals surface area (Å²) < 4.78 is 20.0. The molecule has 0 saturated carbocycles. The van der Waals surface area contributed by atoms with Crippen molar-refractivity contribution in [1.82, 2.24) is 4.90 Å². The van der Waals surface area contributed by atoms with Crippen LogP contribution < -0.4 is 0 Å². The highest BCUT2D eigenvalue weighted by Gasteiger charge is 2.43. The van der Waals surface area contributed by atoms with Crippen LogP contribution >= 0.6 is 0 Å². The normalized spacial score (nSPS) is 19.2. The molecule has 156 valence electrons. The average molecular weight is 397 g/mol. The number of hydrogen-bond acceptors (Lipinski definition) is 8. The Morgan fingerprint density at radius 1 is 1.00 bits per heavy atom. The monoisotopic (exact) mass is 397 g/mol. The van der Waals surface area contributed by atoms with E-state index in [0.29, 0.717) is 0 Å². The summed E-state index contributed by atoms with van der Waals surface area (Å²) in [6.07, 6.45) is 2.94. The van der Waals surface area contributed by atoms with Crippen LogP contribution in [0, 0.1) is 0 Å². The highest BCUT2D eigenvalue weighted by Crippen LogP contribution is 2.27. The quantitative estimate of drug-likeness (QED) is 0.289. The van der Waals surface area contributed by atoms with Crippen molar-refractivity contribution < 1.29 is 38.1 Å². The molecule has 1 rings (SSSR count). The fourth-order valence-electron chi connectivity index (χ4n) is 2.47. The van der Waals surface area contributed by atoms with Crippen LogP contribution in [0.25, 0.3) is 0 Å². The third-order valence-electron chi connectivity index (χ3n) is 3.51. The lowest BCUT2D eigenvalue weighted by atomic mass is 10.1. The van der Waals surface area contributed by atoms with Crippen LogP contribution in [0.3, 0.4) is 0 Å². The van der Waals surface area contributed by atoms with E-state index in [1.54, 1.807) is 34.6 Å². The van der Waals surface area contributed by atoms with Gasteiger partial charge >= 0.3 is 24.0 Å². The van der Waals surface area contributed by atoms with Crippen molar-refractivity contribution in [2.75, 3.05) is 20.3 Å². The maximum Gasteiger partial charge on any atom is 0.412 e. The van der Waals surface area contributed by atoms with Crippen LogP contribution in [0.15, 0.2) is 23.8 Å². The van der Waals surface area contributed by atoms with E-state index in [-0.39, 0.29) is 18.8 Å². The van der Waals surface area contributed by atoms with Gasteiger partial charge in [-0.05, 0) is 34.6 Å². The van der Waals surface area contributed by atoms with Crippen molar-refractivity contribution in [3.8, 4) is 0 Å². The summed E-state index contributed by atoms with van der Waals surface area (Å²) in [6, 6.07) is -2.19. The summed E-state index contributed by atoms with van der Waals surface area (Å²) >= 11 is 0. The average Bonchev–Trinajstić information content (AvgIpc) is 3.02. The van der Waals surface area contributed by atoms with Gasteiger partial charge in [-0.3, -0.25) is 4.90 Å². The van der Waals surface area contributed by atoms with Crippen LogP contribution in [0.4, 0.5) is 4.79 Å². The smallest absolute Gasteiger partial charge is 0.412 e. The molecular weight excluding hydrogens is 370 g/mol. The summed E-state index contributed by atoms with van der Waals surface area (Å²) in [4.78, 5) is 50.3. The minimum atomic E-state index is -1.12. The first kappa shape index (κ1) is 23.2. The predicted octanol–water partition coefficient (Wildman–Crippen LogP) is 1.76. The topological polar surface area (TPSA) is 108 Å². The Kier molecular flexibility index (Phi) is 8.21. The number of carbonyl (C=O) groups excluding carboxylic acids is 4. The third-order valence-corrected chi connectivity index (χ3v) is 3.51. The van der Waals surface area contributed by atoms with Crippen molar-refractivity contribution in [3.05, 3.63) is 23.8 Å². The Morgan fingerprint density at radius 3 is 2.07 bits per heavy atom. The van der Waals surface area contributed by atoms with Gasteiger partial charge in [-0.15, -0.1) is 0 Å². The van der Waals surface area contributed by atoms with Gasteiger partial charge in [0.05, 0.1) is 31.9 Å². The SMILES string of the molecule is CCOC(=O)/C=C(\C(=O)OCC)[C@H]1C=C[C@@H](C(=O)OC)N1C(=O)OC(C)(C)C. The molecule has 0 aromatic rings. The van der Waals surface area contributed by atoms with Gasteiger partial charge < -0.3 is 18.9 Å². The first-order chi connectivity index (χ1) is 13.1. The first-order valence-corrected chi connectivity index (χ1v) is 8.88. The van der Waals surface area contributed by atoms with Crippen molar-refractivity contribution in [2.24, 2.45) is 0 Å². The molecule has 0 fully saturated rings. The number of rotatable bonds is 6. The van der Waals surface area contributed by atoms with Crippen molar-refractivity contribution in [3.63, 3.8) is 0 Å². The van der Waals surface area contributed by atoms with Crippen LogP contribution in [-0.2, 0) is 33.3 Å². The minimum Gasteiger partial charge on any atom is -0.467 e. The van der Waals surface area contributed by atoms with Gasteiger partial charge in [0.2, 0.25) is 0 Å². The van der Waals surface area contributed by atoms with Crippen LogP contribution in [0.5, 0.6) is 0 Å². The molecule has 0 aliphatic carbocycles. The van der Waals surface area contributed by atoms with E-state index in [1.165, 1.54) is 19.3 Å². The number of hydrogen-bond donors (Lipinski definition) is 0. The van der Waals surface area contributed by atoms with Gasteiger partial charge in [-0.2, -0.15) is 0 Å². The largest absolute Gasteiger partial charge is 0.467 e. The van der Waals surface area contributed by atoms with Gasteiger partial charge in [0, 0.05) is 6.08 Å². The summed E-state index contributed by atoms with van der Waals surface area (Å²) in [5.74, 6) is -2.31. The van der Waals surface area contributed by atoms with Gasteiger partial charge in [0.25, 0.3) is 0 Å². The van der Waals surface area contributed by atoms with Crippen molar-refractivity contribution in [2.45, 2.75) is 52.3 Å². The van der Waals surface area contributed by atoms with Crippen molar-refractivity contribution >= 4 is 24.0 Å². The van der Waals surface area contributed by atoms with Crippen LogP contribution in [0.2, 0.25) is 0 Å². The highest BCUT2D eigenvalue weighted by atomic mass is 16.6. The molecule has 28 heavy (non-hydrogen) atoms. The number of nitrogens with zero attached hydrogens (tertiary/aromatic N) is 1. The van der Waals surface area contributed by atoms with E-state index >= 15 is 0 Å². The molecule has 9 nitrogen and oxygen atoms in total. The maximum absolute atomic E-state index is 12.8. The fraction of sp³-hybridized carbons (Fsp3) is 0.579. The molecule has 0 N–H and O–H groups in total. The summed E-state index contributed by atoms with van der Waals surface area (Å²) in [5, 5.41) is 0. The van der Waals surface area contributed by atoms with Crippen molar-refractivity contribution in [1.29, 1.82) is 0 Å². The van der Waals surface area contributed by atoms with Crippen LogP contribution in [-0.4, -0.2) is 66.9 Å². The Balaban J connectivity index is 3.36. The second-order valence-corrected chi connectivity index (χ2v) is 6.76. The first-order valence-electron chi connectivity index (χ1n) is 8.88. The zero-order valence-electron chi connectivity index (χ0n) is 17.0. The standard InChI is InChI=1S/C19H27NO8/c1-7-26-15(21)11-12(16(22)27-8-2)13-9-10-14(17(23)25-6)20(13)18(24)28-19(3,4)5/h9-11,13-14H,7-8H2,1-6H3/b12-11-/t13-,14+/m1/s1. The van der Waals surface area contributed by atoms with Gasteiger partial charge in [-0.1, -0.05) is 12.2 Å². The molecule has 0 radical (unpaired) electrons. The molecule has 2 atom stereocenters. The molecule has 1 heterocycles. The maximum atomic E-state index is 12.8. The Morgan fingerprint density at radius 2 is 1.57 bits per heavy atom. The van der Waals surface area contributed by atoms with E-state index in [9.17, 15) is 19.2 Å². The fourth-order valence-corrected chi connectivity index (χ4v) is 2.47. The lowest BCUT2D eigenvalue weighted by molar-refractivity contribution is -0.145. The van der Waals surface area contributed by atoms with Gasteiger partial charge in [0.1, 0.15) is 5.60 Å². The summed E-state index contributed by atoms with van der Waals surface area (Å²) in [5.41, 5.74) is -1.01. The molecule has 0 saturated heterocycles. The number of carbonyl (C=O) groups is 4. The zero-order chi connectivity index (χ0) is 21.5. The molecule has 9 heteroatoms. The minimum absolute atomic E-state index is 0.0578. The number of methoxy groups -OCH3 is 1. The molecular formula is C19H27NO8. The lowest BCUT2D eigenvalue weighted by Gasteiger charge is -2.32.